The Balaban J connectivity index is 2.18. The van der Waals surface area contributed by atoms with Crippen molar-refractivity contribution in [1.29, 1.82) is 0 Å². The van der Waals surface area contributed by atoms with Crippen molar-refractivity contribution in [3.05, 3.63) is 47.3 Å². The van der Waals surface area contributed by atoms with Gasteiger partial charge in [0.1, 0.15) is 0 Å². The van der Waals surface area contributed by atoms with E-state index >= 15 is 0 Å². The molecule has 1 aromatic carbocycles. The number of aromatic nitrogens is 2. The second-order valence-corrected chi connectivity index (χ2v) is 5.17. The predicted molar refractivity (Wildman–Crippen MR) is 75.0 cm³/mol. The van der Waals surface area contributed by atoms with Crippen LogP contribution in [-0.2, 0) is 6.54 Å². The molecule has 18 heavy (non-hydrogen) atoms. The van der Waals surface area contributed by atoms with Crippen LogP contribution in [0.5, 0.6) is 0 Å². The lowest BCUT2D eigenvalue weighted by Gasteiger charge is -2.06. The minimum atomic E-state index is 0.495. The zero-order chi connectivity index (χ0) is 13.1. The van der Waals surface area contributed by atoms with Crippen LogP contribution in [0.25, 0.3) is 5.69 Å². The van der Waals surface area contributed by atoms with Gasteiger partial charge in [-0.3, -0.25) is 0 Å². The van der Waals surface area contributed by atoms with E-state index in [2.05, 4.69) is 62.5 Å². The molecular formula is C15H21N3. The average molecular weight is 243 g/mol. The first-order chi connectivity index (χ1) is 8.54. The number of hydrogen-bond donors (Lipinski definition) is 1. The minimum absolute atomic E-state index is 0.495. The molecule has 0 saturated carbocycles. The van der Waals surface area contributed by atoms with Gasteiger partial charge in [-0.1, -0.05) is 19.9 Å². The Kier molecular flexibility index (Phi) is 3.82. The molecule has 0 bridgehead atoms. The number of hydrogen-bond acceptors (Lipinski definition) is 2. The highest BCUT2D eigenvalue weighted by molar-refractivity contribution is 5.39. The van der Waals surface area contributed by atoms with Crippen molar-refractivity contribution < 1.29 is 0 Å². The highest BCUT2D eigenvalue weighted by Gasteiger charge is 2.03. The van der Waals surface area contributed by atoms with E-state index < -0.39 is 0 Å². The van der Waals surface area contributed by atoms with Crippen molar-refractivity contribution in [3.8, 4) is 5.69 Å². The van der Waals surface area contributed by atoms with Crippen LogP contribution < -0.4 is 5.32 Å². The van der Waals surface area contributed by atoms with Gasteiger partial charge in [0.2, 0.25) is 0 Å². The summed E-state index contributed by atoms with van der Waals surface area (Å²) in [6.07, 6.45) is 4.01. The highest BCUT2D eigenvalue weighted by Crippen LogP contribution is 2.13. The fourth-order valence-electron chi connectivity index (χ4n) is 2.00. The first kappa shape index (κ1) is 12.8. The van der Waals surface area contributed by atoms with Gasteiger partial charge in [-0.05, 0) is 37.1 Å². The van der Waals surface area contributed by atoms with Crippen LogP contribution in [-0.4, -0.2) is 15.8 Å². The Morgan fingerprint density at radius 2 is 1.83 bits per heavy atom. The second-order valence-electron chi connectivity index (χ2n) is 5.17. The van der Waals surface area contributed by atoms with Gasteiger partial charge in [-0.2, -0.15) is 5.10 Å². The number of benzene rings is 1. The minimum Gasteiger partial charge on any atom is -0.310 e. The van der Waals surface area contributed by atoms with Crippen molar-refractivity contribution in [2.24, 2.45) is 0 Å². The molecule has 1 heterocycles. The lowest BCUT2D eigenvalue weighted by atomic mass is 10.1. The summed E-state index contributed by atoms with van der Waals surface area (Å²) in [5.41, 5.74) is 4.87. The fraction of sp³-hybridized carbons (Fsp3) is 0.400. The molecule has 2 aromatic rings. The zero-order valence-corrected chi connectivity index (χ0v) is 11.6. The lowest BCUT2D eigenvalue weighted by molar-refractivity contribution is 0.589. The SMILES string of the molecule is Cc1cc(C)cc(-n2cc(CNC(C)C)cn2)c1. The molecular weight excluding hydrogens is 222 g/mol. The summed E-state index contributed by atoms with van der Waals surface area (Å²) in [7, 11) is 0. The van der Waals surface area contributed by atoms with Crippen molar-refractivity contribution in [2.45, 2.75) is 40.3 Å². The zero-order valence-electron chi connectivity index (χ0n) is 11.6. The molecule has 0 aliphatic carbocycles. The maximum atomic E-state index is 4.42. The molecule has 0 radical (unpaired) electrons. The number of nitrogens with one attached hydrogen (secondary N) is 1. The van der Waals surface area contributed by atoms with E-state index in [0.29, 0.717) is 6.04 Å². The number of aryl methyl sites for hydroxylation is 2. The third kappa shape index (κ3) is 3.20. The van der Waals surface area contributed by atoms with E-state index in [9.17, 15) is 0 Å². The largest absolute Gasteiger partial charge is 0.310 e. The molecule has 0 unspecified atom stereocenters. The molecule has 0 saturated heterocycles. The number of rotatable bonds is 4. The van der Waals surface area contributed by atoms with E-state index in [1.54, 1.807) is 0 Å². The lowest BCUT2D eigenvalue weighted by Crippen LogP contribution is -2.21. The molecule has 0 amide bonds. The molecule has 3 heteroatoms. The molecule has 0 spiro atoms. The van der Waals surface area contributed by atoms with E-state index in [4.69, 9.17) is 0 Å². The molecule has 3 nitrogen and oxygen atoms in total. The predicted octanol–water partition coefficient (Wildman–Crippen LogP) is 2.99. The summed E-state index contributed by atoms with van der Waals surface area (Å²) in [5.74, 6) is 0. The van der Waals surface area contributed by atoms with Crippen LogP contribution in [0.1, 0.15) is 30.5 Å². The van der Waals surface area contributed by atoms with Crippen molar-refractivity contribution in [2.75, 3.05) is 0 Å². The third-order valence-corrected chi connectivity index (χ3v) is 2.82. The van der Waals surface area contributed by atoms with Gasteiger partial charge in [0.25, 0.3) is 0 Å². The van der Waals surface area contributed by atoms with Crippen molar-refractivity contribution in [1.82, 2.24) is 15.1 Å². The van der Waals surface area contributed by atoms with E-state index in [0.717, 1.165) is 12.2 Å². The van der Waals surface area contributed by atoms with Crippen LogP contribution in [0.4, 0.5) is 0 Å². The molecule has 0 aliphatic heterocycles. The van der Waals surface area contributed by atoms with E-state index in [1.807, 2.05) is 10.9 Å². The second kappa shape index (κ2) is 5.36. The summed E-state index contributed by atoms with van der Waals surface area (Å²) in [4.78, 5) is 0. The first-order valence-corrected chi connectivity index (χ1v) is 6.40. The molecule has 0 aliphatic rings. The average Bonchev–Trinajstić information content (AvgIpc) is 2.73. The van der Waals surface area contributed by atoms with Gasteiger partial charge in [0, 0.05) is 24.3 Å². The third-order valence-electron chi connectivity index (χ3n) is 2.82. The standard InChI is InChI=1S/C15H21N3/c1-11(2)16-8-14-9-17-18(10-14)15-6-12(3)5-13(4)7-15/h5-7,9-11,16H,8H2,1-4H3. The highest BCUT2D eigenvalue weighted by atomic mass is 15.3. The van der Waals surface area contributed by atoms with Crippen LogP contribution in [0.2, 0.25) is 0 Å². The van der Waals surface area contributed by atoms with Crippen molar-refractivity contribution >= 4 is 0 Å². The fourth-order valence-corrected chi connectivity index (χ4v) is 2.00. The van der Waals surface area contributed by atoms with E-state index in [-0.39, 0.29) is 0 Å². The molecule has 0 atom stereocenters. The quantitative estimate of drug-likeness (QED) is 0.894. The molecule has 2 rings (SSSR count). The monoisotopic (exact) mass is 243 g/mol. The van der Waals surface area contributed by atoms with Crippen LogP contribution in [0, 0.1) is 13.8 Å². The Morgan fingerprint density at radius 1 is 1.17 bits per heavy atom. The van der Waals surface area contributed by atoms with Gasteiger partial charge in [0.15, 0.2) is 0 Å². The topological polar surface area (TPSA) is 29.9 Å². The summed E-state index contributed by atoms with van der Waals surface area (Å²) >= 11 is 0. The van der Waals surface area contributed by atoms with Crippen molar-refractivity contribution in [3.63, 3.8) is 0 Å². The molecule has 1 N–H and O–H groups in total. The van der Waals surface area contributed by atoms with Crippen LogP contribution in [0.3, 0.4) is 0 Å². The molecule has 96 valence electrons. The first-order valence-electron chi connectivity index (χ1n) is 6.40. The Morgan fingerprint density at radius 3 is 2.44 bits per heavy atom. The Hall–Kier alpha value is -1.61. The Labute approximate surface area is 109 Å². The molecule has 0 fully saturated rings. The Bertz CT molecular complexity index is 506. The smallest absolute Gasteiger partial charge is 0.0650 e. The molecule has 1 aromatic heterocycles. The van der Waals surface area contributed by atoms with E-state index in [1.165, 1.54) is 16.7 Å². The summed E-state index contributed by atoms with van der Waals surface area (Å²) in [6, 6.07) is 6.97. The van der Waals surface area contributed by atoms with Gasteiger partial charge in [-0.25, -0.2) is 4.68 Å². The summed E-state index contributed by atoms with van der Waals surface area (Å²) in [6.45, 7) is 9.38. The van der Waals surface area contributed by atoms with Gasteiger partial charge in [0.05, 0.1) is 11.9 Å². The van der Waals surface area contributed by atoms with Gasteiger partial charge >= 0.3 is 0 Å². The van der Waals surface area contributed by atoms with Crippen LogP contribution in [0.15, 0.2) is 30.6 Å². The normalized spacial score (nSPS) is 11.2. The maximum Gasteiger partial charge on any atom is 0.0650 e. The van der Waals surface area contributed by atoms with Crippen LogP contribution >= 0.6 is 0 Å². The summed E-state index contributed by atoms with van der Waals surface area (Å²) in [5, 5.41) is 7.82. The number of nitrogens with zero attached hydrogens (tertiary/aromatic N) is 2. The maximum absolute atomic E-state index is 4.42. The van der Waals surface area contributed by atoms with Gasteiger partial charge in [-0.15, -0.1) is 0 Å². The van der Waals surface area contributed by atoms with Gasteiger partial charge < -0.3 is 5.32 Å². The summed E-state index contributed by atoms with van der Waals surface area (Å²) < 4.78 is 1.94.